The lowest BCUT2D eigenvalue weighted by atomic mass is 10.0. The van der Waals surface area contributed by atoms with Gasteiger partial charge in [-0.1, -0.05) is 32.4 Å². The summed E-state index contributed by atoms with van der Waals surface area (Å²) < 4.78 is 24.1. The van der Waals surface area contributed by atoms with Gasteiger partial charge in [0.15, 0.2) is 11.5 Å². The van der Waals surface area contributed by atoms with E-state index in [-0.39, 0.29) is 69.2 Å². The van der Waals surface area contributed by atoms with Crippen molar-refractivity contribution in [2.24, 2.45) is 5.92 Å². The standard InChI is InChI=1S/C49H55N7O12/c1-28(2)19-37(53-47(62)38(25-57)52-42(58)9-7-6-8-16-55-43(59)14-15-44(55)60)46(61)51-31-12-10-30(11-13-31)26-66-49(64)54(4)17-18-56-45-34-22-40-41(68-27-67-40)23-36(34)50-24-35(45)32-20-29(3)39(65-5)21-33(32)48(56)63/h10-15,20-24,28,37-38,57H,6-9,16-19,25-27H2,1-5H3,(H,51,61)(H,52,58)(H,53,62)/t37-,38-/m0/s1. The monoisotopic (exact) mass is 933 g/mol. The van der Waals surface area contributed by atoms with Crippen molar-refractivity contribution in [2.75, 3.05) is 46.0 Å². The Morgan fingerprint density at radius 3 is 2.26 bits per heavy atom. The number of rotatable bonds is 20. The maximum absolute atomic E-state index is 14.3. The lowest BCUT2D eigenvalue weighted by molar-refractivity contribution is -0.137. The van der Waals surface area contributed by atoms with Gasteiger partial charge in [0.25, 0.3) is 17.4 Å². The number of aliphatic hydroxyl groups excluding tert-OH is 1. The van der Waals surface area contributed by atoms with E-state index < -0.39 is 42.5 Å². The number of imide groups is 1. The maximum atomic E-state index is 14.3. The summed E-state index contributed by atoms with van der Waals surface area (Å²) in [4.78, 5) is 97.5. The molecule has 19 heteroatoms. The summed E-state index contributed by atoms with van der Waals surface area (Å²) in [6, 6.07) is 11.6. The van der Waals surface area contributed by atoms with Gasteiger partial charge in [-0.2, -0.15) is 0 Å². The Kier molecular flexibility index (Phi) is 15.2. The van der Waals surface area contributed by atoms with Crippen molar-refractivity contribution < 1.29 is 52.8 Å². The summed E-state index contributed by atoms with van der Waals surface area (Å²) >= 11 is 0. The normalized spacial score (nSPS) is 13.9. The van der Waals surface area contributed by atoms with Gasteiger partial charge in [-0.25, -0.2) is 4.79 Å². The molecule has 0 saturated heterocycles. The number of carbonyl (C=O) groups excluding carboxylic acids is 6. The first-order valence-electron chi connectivity index (χ1n) is 22.4. The molecule has 2 atom stereocenters. The molecule has 7 rings (SSSR count). The smallest absolute Gasteiger partial charge is 0.409 e. The van der Waals surface area contributed by atoms with Crippen molar-refractivity contribution >= 4 is 73.9 Å². The number of hydrogen-bond acceptors (Lipinski definition) is 13. The van der Waals surface area contributed by atoms with E-state index in [1.807, 2.05) is 32.9 Å². The second-order valence-corrected chi connectivity index (χ2v) is 17.2. The van der Waals surface area contributed by atoms with Crippen LogP contribution in [0.5, 0.6) is 17.2 Å². The summed E-state index contributed by atoms with van der Waals surface area (Å²) in [7, 11) is 3.13. The predicted molar refractivity (Wildman–Crippen MR) is 251 cm³/mol. The molecule has 358 valence electrons. The average Bonchev–Trinajstić information content (AvgIpc) is 3.92. The largest absolute Gasteiger partial charge is 0.496 e. The van der Waals surface area contributed by atoms with Gasteiger partial charge in [0.05, 0.1) is 30.1 Å². The van der Waals surface area contributed by atoms with Crippen LogP contribution in [0.25, 0.3) is 32.6 Å². The summed E-state index contributed by atoms with van der Waals surface area (Å²) in [5.41, 5.74) is 2.88. The van der Waals surface area contributed by atoms with Gasteiger partial charge < -0.3 is 49.5 Å². The Balaban J connectivity index is 0.928. The van der Waals surface area contributed by atoms with Gasteiger partial charge in [-0.15, -0.1) is 0 Å². The fourth-order valence-electron chi connectivity index (χ4n) is 8.15. The molecule has 0 spiro atoms. The summed E-state index contributed by atoms with van der Waals surface area (Å²) in [6.07, 6.45) is 5.36. The van der Waals surface area contributed by atoms with Crippen LogP contribution in [-0.4, -0.2) is 113 Å². The molecule has 0 radical (unpaired) electrons. The molecule has 2 aliphatic heterocycles. The van der Waals surface area contributed by atoms with Crippen LogP contribution < -0.4 is 35.7 Å². The minimum atomic E-state index is -1.29. The number of hydrogen-bond donors (Lipinski definition) is 4. The molecule has 0 aliphatic carbocycles. The number of aromatic nitrogens is 2. The number of likely N-dealkylation sites (N-methyl/N-ethyl adjacent to an activating group) is 1. The molecule has 0 bridgehead atoms. The zero-order chi connectivity index (χ0) is 48.6. The molecular weight excluding hydrogens is 879 g/mol. The van der Waals surface area contributed by atoms with Gasteiger partial charge in [0.2, 0.25) is 24.5 Å². The van der Waals surface area contributed by atoms with Crippen molar-refractivity contribution in [1.82, 2.24) is 30.0 Å². The summed E-state index contributed by atoms with van der Waals surface area (Å²) in [5.74, 6) is -0.776. The number of nitrogens with one attached hydrogen (secondary N) is 3. The van der Waals surface area contributed by atoms with Crippen molar-refractivity contribution in [2.45, 2.75) is 78.1 Å². The number of pyridine rings is 2. The summed E-state index contributed by atoms with van der Waals surface area (Å²) in [6.45, 7) is 5.46. The first-order valence-corrected chi connectivity index (χ1v) is 22.4. The van der Waals surface area contributed by atoms with Crippen molar-refractivity contribution in [3.05, 3.63) is 88.4 Å². The van der Waals surface area contributed by atoms with Crippen LogP contribution >= 0.6 is 0 Å². The Labute approximate surface area is 391 Å². The molecule has 68 heavy (non-hydrogen) atoms. The van der Waals surface area contributed by atoms with Crippen LogP contribution in [0.4, 0.5) is 10.5 Å². The van der Waals surface area contributed by atoms with Crippen LogP contribution in [0, 0.1) is 12.8 Å². The van der Waals surface area contributed by atoms with Gasteiger partial charge in [0.1, 0.15) is 24.4 Å². The molecule has 5 aromatic rings. The number of nitrogens with zero attached hydrogens (tertiary/aromatic N) is 4. The highest BCUT2D eigenvalue weighted by Gasteiger charge is 2.28. The zero-order valence-corrected chi connectivity index (χ0v) is 38.6. The van der Waals surface area contributed by atoms with Crippen molar-refractivity contribution in [3.63, 3.8) is 0 Å². The van der Waals surface area contributed by atoms with E-state index in [0.29, 0.717) is 69.6 Å². The number of aryl methyl sites for hydroxylation is 1. The minimum absolute atomic E-state index is 0.00460. The quantitative estimate of drug-likeness (QED) is 0.0480. The molecule has 4 heterocycles. The first-order chi connectivity index (χ1) is 32.6. The Morgan fingerprint density at radius 2 is 1.57 bits per heavy atom. The van der Waals surface area contributed by atoms with Gasteiger partial charge in [-0.3, -0.25) is 38.7 Å². The third-order valence-corrected chi connectivity index (χ3v) is 11.8. The minimum Gasteiger partial charge on any atom is -0.496 e. The molecule has 2 aromatic heterocycles. The van der Waals surface area contributed by atoms with E-state index in [1.165, 1.54) is 17.1 Å². The number of benzene rings is 3. The van der Waals surface area contributed by atoms with Crippen molar-refractivity contribution in [3.8, 4) is 17.2 Å². The lowest BCUT2D eigenvalue weighted by Crippen LogP contribution is -2.54. The number of methoxy groups -OCH3 is 1. The number of anilines is 1. The van der Waals surface area contributed by atoms with Crippen LogP contribution in [0.1, 0.15) is 57.1 Å². The van der Waals surface area contributed by atoms with Gasteiger partial charge in [0, 0.05) is 74.0 Å². The first kappa shape index (κ1) is 48.4. The second-order valence-electron chi connectivity index (χ2n) is 17.2. The third kappa shape index (κ3) is 11.0. The molecule has 6 amide bonds. The second kappa shape index (κ2) is 21.4. The van der Waals surface area contributed by atoms with E-state index in [1.54, 1.807) is 61.3 Å². The Bertz CT molecular complexity index is 2840. The van der Waals surface area contributed by atoms with Crippen LogP contribution in [0.15, 0.2) is 71.7 Å². The van der Waals surface area contributed by atoms with Gasteiger partial charge in [-0.05, 0) is 78.9 Å². The predicted octanol–water partition coefficient (Wildman–Crippen LogP) is 4.45. The molecule has 2 aliphatic rings. The molecule has 0 unspecified atom stereocenters. The van der Waals surface area contributed by atoms with Crippen molar-refractivity contribution in [1.29, 1.82) is 0 Å². The lowest BCUT2D eigenvalue weighted by Gasteiger charge is -2.23. The Morgan fingerprint density at radius 1 is 0.853 bits per heavy atom. The zero-order valence-electron chi connectivity index (χ0n) is 38.6. The van der Waals surface area contributed by atoms with E-state index >= 15 is 0 Å². The van der Waals surface area contributed by atoms with E-state index in [0.717, 1.165) is 21.2 Å². The van der Waals surface area contributed by atoms with Crippen LogP contribution in [0.3, 0.4) is 0 Å². The number of fused-ring (bicyclic) bond motifs is 6. The number of amides is 6. The molecule has 3 aromatic carbocycles. The van der Waals surface area contributed by atoms with Crippen LogP contribution in [0.2, 0.25) is 0 Å². The fourth-order valence-corrected chi connectivity index (χ4v) is 8.15. The Hall–Kier alpha value is -7.54. The fraction of sp³-hybridized carbons (Fsp3) is 0.388. The summed E-state index contributed by atoms with van der Waals surface area (Å²) in [5, 5.41) is 20.5. The highest BCUT2D eigenvalue weighted by Crippen LogP contribution is 2.39. The highest BCUT2D eigenvalue weighted by atomic mass is 16.7. The van der Waals surface area contributed by atoms with E-state index in [2.05, 4.69) is 16.0 Å². The molecule has 0 saturated carbocycles. The van der Waals surface area contributed by atoms with Gasteiger partial charge >= 0.3 is 6.09 Å². The number of carbonyl (C=O) groups is 6. The third-order valence-electron chi connectivity index (χ3n) is 11.8. The topological polar surface area (TPSA) is 237 Å². The highest BCUT2D eigenvalue weighted by molar-refractivity contribution is 6.15. The number of unbranched alkanes of at least 4 members (excludes halogenated alkanes) is 2. The molecule has 19 nitrogen and oxygen atoms in total. The SMILES string of the molecule is COc1cc2c(=O)n(CCN(C)C(=O)OCc3ccc(NC(=O)[C@H](CC(C)C)NC(=O)[C@H](CO)NC(=O)CCCCCN4C(=O)C=CC4=O)cc3)c3c4cc5c(cc4ncc3c2cc1C)OCO5. The average molecular weight is 934 g/mol. The number of ether oxygens (including phenoxy) is 4. The molecule has 0 fully saturated rings. The van der Waals surface area contributed by atoms with Crippen LogP contribution in [-0.2, 0) is 41.9 Å². The number of aliphatic hydroxyl groups is 1. The van der Waals surface area contributed by atoms with E-state index in [9.17, 15) is 38.7 Å². The maximum Gasteiger partial charge on any atom is 0.409 e. The molecule has 4 N–H and O–H groups in total. The molecular formula is C49H55N7O12. The van der Waals surface area contributed by atoms with E-state index in [4.69, 9.17) is 23.9 Å².